The zero-order valence-electron chi connectivity index (χ0n) is 9.38. The van der Waals surface area contributed by atoms with E-state index in [2.05, 4.69) is 0 Å². The molecule has 1 saturated heterocycles. The van der Waals surface area contributed by atoms with Gasteiger partial charge in [0.15, 0.2) is 5.60 Å². The van der Waals surface area contributed by atoms with Crippen LogP contribution in [0.2, 0.25) is 0 Å². The van der Waals surface area contributed by atoms with Crippen LogP contribution in [0.1, 0.15) is 0 Å². The van der Waals surface area contributed by atoms with Crippen molar-refractivity contribution in [2.24, 2.45) is 5.73 Å². The topological polar surface area (TPSA) is 174 Å². The van der Waals surface area contributed by atoms with Gasteiger partial charge in [0.1, 0.15) is 30.5 Å². The molecule has 18 heavy (non-hydrogen) atoms. The number of aliphatic hydroxyl groups is 6. The third-order valence-electron chi connectivity index (χ3n) is 3.03. The molecule has 1 aliphatic heterocycles. The van der Waals surface area contributed by atoms with Crippen LogP contribution in [0.3, 0.4) is 0 Å². The summed E-state index contributed by atoms with van der Waals surface area (Å²) in [5.41, 5.74) is 2.26. The number of amides is 1. The smallest absolute Gasteiger partial charge is 0.254 e. The minimum absolute atomic E-state index is 0.721. The molecule has 0 bridgehead atoms. The largest absolute Gasteiger partial charge is 0.394 e. The lowest BCUT2D eigenvalue weighted by atomic mass is 9.85. The Morgan fingerprint density at radius 1 is 1.17 bits per heavy atom. The molecule has 1 heterocycles. The highest BCUT2D eigenvalue weighted by molar-refractivity contribution is 5.84. The number of carbonyl (C=O) groups is 1. The van der Waals surface area contributed by atoms with Crippen LogP contribution in [0.15, 0.2) is 0 Å². The summed E-state index contributed by atoms with van der Waals surface area (Å²) in [5, 5.41) is 56.3. The van der Waals surface area contributed by atoms with Crippen molar-refractivity contribution in [2.75, 3.05) is 13.2 Å². The molecule has 0 aromatic heterocycles. The molecule has 1 amide bonds. The molecular formula is C9H17NO8. The van der Waals surface area contributed by atoms with E-state index in [9.17, 15) is 25.2 Å². The molecule has 0 spiro atoms. The molecular weight excluding hydrogens is 250 g/mol. The zero-order valence-corrected chi connectivity index (χ0v) is 9.38. The maximum atomic E-state index is 11.1. The van der Waals surface area contributed by atoms with Gasteiger partial charge in [-0.15, -0.1) is 0 Å². The summed E-state index contributed by atoms with van der Waals surface area (Å²) in [4.78, 5) is 11.1. The lowest BCUT2D eigenvalue weighted by molar-refractivity contribution is -0.269. The number of aliphatic hydroxyl groups excluding tert-OH is 5. The van der Waals surface area contributed by atoms with E-state index in [1.807, 2.05) is 0 Å². The molecule has 106 valence electrons. The van der Waals surface area contributed by atoms with Gasteiger partial charge in [-0.2, -0.15) is 0 Å². The Morgan fingerprint density at radius 3 is 2.11 bits per heavy atom. The summed E-state index contributed by atoms with van der Waals surface area (Å²) in [5.74, 6) is -1.37. The summed E-state index contributed by atoms with van der Waals surface area (Å²) in [6.45, 7) is -1.87. The van der Waals surface area contributed by atoms with Gasteiger partial charge in [0.2, 0.25) is 0 Å². The summed E-state index contributed by atoms with van der Waals surface area (Å²) in [7, 11) is 0. The Hall–Kier alpha value is -0.810. The van der Waals surface area contributed by atoms with Gasteiger partial charge in [-0.1, -0.05) is 0 Å². The van der Waals surface area contributed by atoms with Crippen LogP contribution < -0.4 is 5.73 Å². The van der Waals surface area contributed by atoms with Crippen LogP contribution in [0.4, 0.5) is 0 Å². The van der Waals surface area contributed by atoms with Crippen molar-refractivity contribution in [2.45, 2.75) is 36.1 Å². The SMILES string of the molecule is NC(=O)C(O)(CO)C1O[C@H](CO)[C@H](O)[C@H](O)[C@H]1O. The fourth-order valence-corrected chi connectivity index (χ4v) is 1.80. The van der Waals surface area contributed by atoms with Crippen LogP contribution in [0.25, 0.3) is 0 Å². The monoisotopic (exact) mass is 267 g/mol. The molecule has 2 unspecified atom stereocenters. The molecule has 0 aromatic rings. The van der Waals surface area contributed by atoms with Gasteiger partial charge in [-0.3, -0.25) is 4.79 Å². The van der Waals surface area contributed by atoms with Gasteiger partial charge in [0.25, 0.3) is 5.91 Å². The van der Waals surface area contributed by atoms with Crippen LogP contribution in [-0.4, -0.2) is 85.9 Å². The predicted octanol–water partition coefficient (Wildman–Crippen LogP) is -4.96. The predicted molar refractivity (Wildman–Crippen MR) is 55.0 cm³/mol. The summed E-state index contributed by atoms with van der Waals surface area (Å²) >= 11 is 0. The van der Waals surface area contributed by atoms with Gasteiger partial charge in [0.05, 0.1) is 13.2 Å². The van der Waals surface area contributed by atoms with Gasteiger partial charge >= 0.3 is 0 Å². The molecule has 0 aromatic carbocycles. The van der Waals surface area contributed by atoms with Crippen molar-refractivity contribution in [3.05, 3.63) is 0 Å². The molecule has 0 saturated carbocycles. The second kappa shape index (κ2) is 5.45. The lowest BCUT2D eigenvalue weighted by Crippen LogP contribution is -2.69. The molecule has 1 aliphatic rings. The fraction of sp³-hybridized carbons (Fsp3) is 0.889. The van der Waals surface area contributed by atoms with Crippen molar-refractivity contribution >= 4 is 5.91 Å². The van der Waals surface area contributed by atoms with E-state index in [0.29, 0.717) is 0 Å². The first-order chi connectivity index (χ1) is 8.29. The minimum atomic E-state index is -2.63. The van der Waals surface area contributed by atoms with Crippen LogP contribution >= 0.6 is 0 Å². The van der Waals surface area contributed by atoms with Crippen LogP contribution in [0, 0.1) is 0 Å². The number of ether oxygens (including phenoxy) is 1. The number of hydrogen-bond donors (Lipinski definition) is 7. The summed E-state index contributed by atoms with van der Waals surface area (Å²) in [6, 6.07) is 0. The Balaban J connectivity index is 3.04. The third kappa shape index (κ3) is 2.34. The zero-order chi connectivity index (χ0) is 14.1. The van der Waals surface area contributed by atoms with E-state index < -0.39 is 55.2 Å². The van der Waals surface area contributed by atoms with Gasteiger partial charge < -0.3 is 41.1 Å². The average molecular weight is 267 g/mol. The summed E-state index contributed by atoms with van der Waals surface area (Å²) in [6.07, 6.45) is -8.32. The first-order valence-electron chi connectivity index (χ1n) is 5.23. The quantitative estimate of drug-likeness (QED) is 0.265. The Bertz CT molecular complexity index is 311. The van der Waals surface area contributed by atoms with E-state index in [-0.39, 0.29) is 0 Å². The maximum Gasteiger partial charge on any atom is 0.254 e. The first-order valence-corrected chi connectivity index (χ1v) is 5.23. The van der Waals surface area contributed by atoms with Gasteiger partial charge in [-0.05, 0) is 0 Å². The standard InChI is InChI=1S/C9H17NO8/c10-8(16)9(17,2-12)7-6(15)5(14)4(13)3(1-11)18-7/h3-7,11-15,17H,1-2H2,(H2,10,16)/t3-,4+,5+,6-,7?,9?/m1/s1. The van der Waals surface area contributed by atoms with Crippen LogP contribution in [-0.2, 0) is 9.53 Å². The average Bonchev–Trinajstić information content (AvgIpc) is 2.35. The number of primary amides is 1. The number of carbonyl (C=O) groups excluding carboxylic acids is 1. The second-order valence-electron chi connectivity index (χ2n) is 4.20. The highest BCUT2D eigenvalue weighted by Crippen LogP contribution is 2.28. The molecule has 0 aliphatic carbocycles. The molecule has 0 radical (unpaired) electrons. The summed E-state index contributed by atoms with van der Waals surface area (Å²) < 4.78 is 4.93. The Labute approximate surface area is 102 Å². The van der Waals surface area contributed by atoms with Gasteiger partial charge in [0, 0.05) is 0 Å². The maximum absolute atomic E-state index is 11.1. The van der Waals surface area contributed by atoms with E-state index in [0.717, 1.165) is 0 Å². The number of nitrogens with two attached hydrogens (primary N) is 1. The first kappa shape index (κ1) is 15.2. The van der Waals surface area contributed by atoms with E-state index in [4.69, 9.17) is 20.7 Å². The minimum Gasteiger partial charge on any atom is -0.394 e. The van der Waals surface area contributed by atoms with Crippen molar-refractivity contribution in [1.82, 2.24) is 0 Å². The van der Waals surface area contributed by atoms with Crippen molar-refractivity contribution in [3.63, 3.8) is 0 Å². The molecule has 8 N–H and O–H groups in total. The van der Waals surface area contributed by atoms with Crippen molar-refractivity contribution < 1.29 is 40.2 Å². The molecule has 6 atom stereocenters. The normalized spacial score (nSPS) is 40.2. The van der Waals surface area contributed by atoms with Crippen molar-refractivity contribution in [1.29, 1.82) is 0 Å². The fourth-order valence-electron chi connectivity index (χ4n) is 1.80. The molecule has 1 fully saturated rings. The highest BCUT2D eigenvalue weighted by atomic mass is 16.6. The van der Waals surface area contributed by atoms with E-state index in [1.54, 1.807) is 0 Å². The van der Waals surface area contributed by atoms with E-state index >= 15 is 0 Å². The Kier molecular flexibility index (Phi) is 4.61. The van der Waals surface area contributed by atoms with Crippen molar-refractivity contribution in [3.8, 4) is 0 Å². The highest BCUT2D eigenvalue weighted by Gasteiger charge is 2.54. The third-order valence-corrected chi connectivity index (χ3v) is 3.03. The molecule has 1 rings (SSSR count). The molecule has 9 heteroatoms. The number of rotatable bonds is 4. The lowest BCUT2D eigenvalue weighted by Gasteiger charge is -2.44. The van der Waals surface area contributed by atoms with Crippen LogP contribution in [0.5, 0.6) is 0 Å². The van der Waals surface area contributed by atoms with Gasteiger partial charge in [-0.25, -0.2) is 0 Å². The van der Waals surface area contributed by atoms with E-state index in [1.165, 1.54) is 0 Å². The Morgan fingerprint density at radius 2 is 1.72 bits per heavy atom. The molecule has 9 nitrogen and oxygen atoms in total. The number of hydrogen-bond acceptors (Lipinski definition) is 8. The second-order valence-corrected chi connectivity index (χ2v) is 4.20.